The van der Waals surface area contributed by atoms with Gasteiger partial charge in [-0.15, -0.1) is 0 Å². The summed E-state index contributed by atoms with van der Waals surface area (Å²) in [5, 5.41) is 14.5. The normalized spacial score (nSPS) is 12.6. The van der Waals surface area contributed by atoms with Crippen LogP contribution in [0.25, 0.3) is 0 Å². The molecule has 122 valence electrons. The van der Waals surface area contributed by atoms with Crippen molar-refractivity contribution in [3.63, 3.8) is 0 Å². The zero-order chi connectivity index (χ0) is 16.8. The quantitative estimate of drug-likeness (QED) is 0.741. The Morgan fingerprint density at radius 1 is 1.23 bits per heavy atom. The molecule has 0 aliphatic carbocycles. The Bertz CT molecular complexity index is 532. The molecular formula is C14H17F3N2O3. The highest BCUT2D eigenvalue weighted by molar-refractivity contribution is 5.84. The summed E-state index contributed by atoms with van der Waals surface area (Å²) >= 11 is 0. The summed E-state index contributed by atoms with van der Waals surface area (Å²) in [7, 11) is 0. The molecule has 0 radical (unpaired) electrons. The summed E-state index contributed by atoms with van der Waals surface area (Å²) in [4.78, 5) is 22.4. The van der Waals surface area contributed by atoms with Gasteiger partial charge in [0, 0.05) is 13.0 Å². The molecule has 0 saturated carbocycles. The number of benzene rings is 1. The van der Waals surface area contributed by atoms with Crippen LogP contribution in [0.5, 0.6) is 0 Å². The van der Waals surface area contributed by atoms with E-state index in [2.05, 4.69) is 10.6 Å². The average Bonchev–Trinajstić information content (AvgIpc) is 2.49. The Labute approximate surface area is 125 Å². The van der Waals surface area contributed by atoms with E-state index in [1.165, 1.54) is 12.1 Å². The van der Waals surface area contributed by atoms with Crippen LogP contribution in [0.2, 0.25) is 0 Å². The molecule has 22 heavy (non-hydrogen) atoms. The van der Waals surface area contributed by atoms with Crippen LogP contribution in [0.1, 0.15) is 30.6 Å². The maximum Gasteiger partial charge on any atom is 0.416 e. The molecule has 0 saturated heterocycles. The van der Waals surface area contributed by atoms with E-state index in [9.17, 15) is 27.9 Å². The predicted molar refractivity (Wildman–Crippen MR) is 72.7 cm³/mol. The van der Waals surface area contributed by atoms with Gasteiger partial charge in [0.15, 0.2) is 0 Å². The van der Waals surface area contributed by atoms with E-state index < -0.39 is 23.8 Å². The molecule has 0 aromatic heterocycles. The van der Waals surface area contributed by atoms with Crippen LogP contribution in [-0.2, 0) is 15.8 Å². The van der Waals surface area contributed by atoms with Crippen molar-refractivity contribution in [2.24, 2.45) is 0 Å². The van der Waals surface area contributed by atoms with Crippen molar-refractivity contribution in [2.45, 2.75) is 25.6 Å². The average molecular weight is 318 g/mol. The molecule has 1 rings (SSSR count). The van der Waals surface area contributed by atoms with Gasteiger partial charge in [0.1, 0.15) is 0 Å². The van der Waals surface area contributed by atoms with Crippen LogP contribution >= 0.6 is 0 Å². The molecule has 5 nitrogen and oxygen atoms in total. The summed E-state index contributed by atoms with van der Waals surface area (Å²) in [6.07, 6.45) is -5.53. The number of rotatable bonds is 6. The van der Waals surface area contributed by atoms with Crippen molar-refractivity contribution in [3.8, 4) is 0 Å². The predicted octanol–water partition coefficient (Wildman–Crippen LogP) is 1.38. The minimum absolute atomic E-state index is 0.0488. The van der Waals surface area contributed by atoms with Gasteiger partial charge in [0.05, 0.1) is 18.2 Å². The fraction of sp³-hybridized carbons (Fsp3) is 0.429. The van der Waals surface area contributed by atoms with E-state index in [1.807, 2.05) is 0 Å². The number of amides is 2. The number of aliphatic hydroxyl groups is 1. The van der Waals surface area contributed by atoms with Crippen molar-refractivity contribution in [1.82, 2.24) is 10.6 Å². The third kappa shape index (κ3) is 5.72. The maximum atomic E-state index is 12.6. The van der Waals surface area contributed by atoms with Gasteiger partial charge in [-0.25, -0.2) is 0 Å². The fourth-order valence-corrected chi connectivity index (χ4v) is 1.62. The lowest BCUT2D eigenvalue weighted by atomic mass is 10.1. The van der Waals surface area contributed by atoms with Crippen molar-refractivity contribution in [3.05, 3.63) is 35.4 Å². The lowest BCUT2D eigenvalue weighted by Crippen LogP contribution is -2.38. The summed E-state index contributed by atoms with van der Waals surface area (Å²) in [6.45, 7) is 1.13. The first-order chi connectivity index (χ1) is 10.2. The van der Waals surface area contributed by atoms with Gasteiger partial charge in [-0.1, -0.05) is 19.1 Å². The maximum absolute atomic E-state index is 12.6. The van der Waals surface area contributed by atoms with Crippen LogP contribution in [0, 0.1) is 0 Å². The van der Waals surface area contributed by atoms with Gasteiger partial charge in [-0.3, -0.25) is 9.59 Å². The third-order valence-electron chi connectivity index (χ3n) is 2.86. The van der Waals surface area contributed by atoms with Crippen LogP contribution in [0.4, 0.5) is 13.2 Å². The monoisotopic (exact) mass is 318 g/mol. The second-order valence-electron chi connectivity index (χ2n) is 4.57. The molecule has 0 heterocycles. The number of halogens is 3. The van der Waals surface area contributed by atoms with Crippen molar-refractivity contribution in [1.29, 1.82) is 0 Å². The Morgan fingerprint density at radius 3 is 2.50 bits per heavy atom. The summed E-state index contributed by atoms with van der Waals surface area (Å²) in [5.41, 5.74) is -0.821. The Kier molecular flexibility index (Phi) is 6.36. The minimum atomic E-state index is -4.50. The largest absolute Gasteiger partial charge is 0.416 e. The lowest BCUT2D eigenvalue weighted by Gasteiger charge is -2.14. The van der Waals surface area contributed by atoms with Crippen molar-refractivity contribution >= 4 is 11.8 Å². The molecule has 2 amide bonds. The van der Waals surface area contributed by atoms with E-state index in [-0.39, 0.29) is 31.0 Å². The molecule has 3 N–H and O–H groups in total. The van der Waals surface area contributed by atoms with Crippen LogP contribution in [0.15, 0.2) is 24.3 Å². The second-order valence-corrected chi connectivity index (χ2v) is 4.57. The molecule has 1 atom stereocenters. The topological polar surface area (TPSA) is 78.4 Å². The highest BCUT2D eigenvalue weighted by Gasteiger charge is 2.30. The summed E-state index contributed by atoms with van der Waals surface area (Å²) in [6, 6.07) is 4.25. The summed E-state index contributed by atoms with van der Waals surface area (Å²) < 4.78 is 37.7. The number of hydrogen-bond donors (Lipinski definition) is 3. The molecule has 8 heteroatoms. The first kappa shape index (κ1) is 18.0. The molecule has 0 bridgehead atoms. The fourth-order valence-electron chi connectivity index (χ4n) is 1.62. The van der Waals surface area contributed by atoms with E-state index >= 15 is 0 Å². The third-order valence-corrected chi connectivity index (χ3v) is 2.86. The van der Waals surface area contributed by atoms with Gasteiger partial charge < -0.3 is 15.7 Å². The minimum Gasteiger partial charge on any atom is -0.387 e. The number of alkyl halides is 3. The zero-order valence-electron chi connectivity index (χ0n) is 11.9. The lowest BCUT2D eigenvalue weighted by molar-refractivity contribution is -0.137. The standard InChI is InChI=1S/C14H17F3N2O3/c1-2-12(21)19-8-13(22)18-7-11(20)9-4-3-5-10(6-9)14(15,16)17/h3-6,11,20H,2,7-8H2,1H3,(H,18,22)(H,19,21). The van der Waals surface area contributed by atoms with E-state index in [0.29, 0.717) is 0 Å². The number of carbonyl (C=O) groups is 2. The van der Waals surface area contributed by atoms with E-state index in [1.54, 1.807) is 6.92 Å². The number of nitrogens with one attached hydrogen (secondary N) is 2. The van der Waals surface area contributed by atoms with Crippen LogP contribution in [-0.4, -0.2) is 30.0 Å². The molecule has 1 aromatic carbocycles. The highest BCUT2D eigenvalue weighted by Crippen LogP contribution is 2.30. The van der Waals surface area contributed by atoms with Crippen LogP contribution in [0.3, 0.4) is 0 Å². The van der Waals surface area contributed by atoms with Gasteiger partial charge in [-0.2, -0.15) is 13.2 Å². The number of hydrogen-bond acceptors (Lipinski definition) is 3. The number of carbonyl (C=O) groups excluding carboxylic acids is 2. The highest BCUT2D eigenvalue weighted by atomic mass is 19.4. The van der Waals surface area contributed by atoms with Gasteiger partial charge in [-0.05, 0) is 17.7 Å². The van der Waals surface area contributed by atoms with Gasteiger partial charge in [0.25, 0.3) is 0 Å². The van der Waals surface area contributed by atoms with Crippen molar-refractivity contribution < 1.29 is 27.9 Å². The molecule has 0 spiro atoms. The smallest absolute Gasteiger partial charge is 0.387 e. The van der Waals surface area contributed by atoms with Crippen molar-refractivity contribution in [2.75, 3.05) is 13.1 Å². The van der Waals surface area contributed by atoms with Crippen LogP contribution < -0.4 is 10.6 Å². The Morgan fingerprint density at radius 2 is 1.91 bits per heavy atom. The molecule has 0 aliphatic rings. The molecule has 0 aliphatic heterocycles. The molecular weight excluding hydrogens is 301 g/mol. The SMILES string of the molecule is CCC(=O)NCC(=O)NCC(O)c1cccc(C(F)(F)F)c1. The first-order valence-corrected chi connectivity index (χ1v) is 6.62. The van der Waals surface area contributed by atoms with E-state index in [4.69, 9.17) is 0 Å². The first-order valence-electron chi connectivity index (χ1n) is 6.62. The second kappa shape index (κ2) is 7.79. The molecule has 1 unspecified atom stereocenters. The Balaban J connectivity index is 2.54. The van der Waals surface area contributed by atoms with Gasteiger partial charge >= 0.3 is 6.18 Å². The number of aliphatic hydroxyl groups excluding tert-OH is 1. The Hall–Kier alpha value is -2.09. The molecule has 0 fully saturated rings. The van der Waals surface area contributed by atoms with Gasteiger partial charge in [0.2, 0.25) is 11.8 Å². The van der Waals surface area contributed by atoms with E-state index in [0.717, 1.165) is 12.1 Å². The summed E-state index contributed by atoms with van der Waals surface area (Å²) in [5.74, 6) is -0.832. The molecule has 1 aromatic rings. The zero-order valence-corrected chi connectivity index (χ0v) is 11.9.